The second-order valence-electron chi connectivity index (χ2n) is 7.15. The first-order valence-corrected chi connectivity index (χ1v) is 9.12. The molecular formula is C25H27N. The molecule has 0 amide bonds. The van der Waals surface area contributed by atoms with Crippen LogP contribution < -0.4 is 0 Å². The fourth-order valence-corrected chi connectivity index (χ4v) is 3.13. The molecule has 1 heteroatoms. The van der Waals surface area contributed by atoms with Gasteiger partial charge in [-0.2, -0.15) is 0 Å². The lowest BCUT2D eigenvalue weighted by atomic mass is 10.0. The molecule has 0 aromatic heterocycles. The van der Waals surface area contributed by atoms with E-state index < -0.39 is 0 Å². The Bertz CT molecular complexity index is 873. The number of benzene rings is 3. The molecule has 0 unspecified atom stereocenters. The van der Waals surface area contributed by atoms with Gasteiger partial charge >= 0.3 is 0 Å². The van der Waals surface area contributed by atoms with Crippen molar-refractivity contribution in [2.75, 3.05) is 7.05 Å². The standard InChI is InChI=1S/C25H27N/c1-19-8-12-24(13-9-19)25-14-10-22(11-15-25)17-21(3)26(4)18-23-7-5-6-20(2)16-23/h5-16H,3,17-18H2,1-2,4H3. The van der Waals surface area contributed by atoms with Crippen LogP contribution >= 0.6 is 0 Å². The maximum absolute atomic E-state index is 4.28. The zero-order valence-electron chi connectivity index (χ0n) is 16.0. The minimum atomic E-state index is 0.872. The maximum atomic E-state index is 4.28. The SMILES string of the molecule is C=C(Cc1ccc(-c2ccc(C)cc2)cc1)N(C)Cc1cccc(C)c1. The number of likely N-dealkylation sites (N-methyl/N-ethyl adjacent to an activating group) is 1. The number of hydrogen-bond acceptors (Lipinski definition) is 1. The van der Waals surface area contributed by atoms with E-state index in [1.54, 1.807) is 0 Å². The number of aryl methyl sites for hydroxylation is 2. The molecule has 0 saturated heterocycles. The summed E-state index contributed by atoms with van der Waals surface area (Å²) in [5, 5.41) is 0. The van der Waals surface area contributed by atoms with Crippen LogP contribution in [-0.2, 0) is 13.0 Å². The van der Waals surface area contributed by atoms with E-state index in [0.29, 0.717) is 0 Å². The molecule has 3 aromatic carbocycles. The lowest BCUT2D eigenvalue weighted by molar-refractivity contribution is 0.403. The van der Waals surface area contributed by atoms with Crippen molar-refractivity contribution in [2.24, 2.45) is 0 Å². The summed E-state index contributed by atoms with van der Waals surface area (Å²) >= 11 is 0. The van der Waals surface area contributed by atoms with Crippen molar-refractivity contribution in [2.45, 2.75) is 26.8 Å². The Balaban J connectivity index is 1.62. The van der Waals surface area contributed by atoms with Gasteiger partial charge in [-0.25, -0.2) is 0 Å². The second-order valence-corrected chi connectivity index (χ2v) is 7.15. The number of nitrogens with zero attached hydrogens (tertiary/aromatic N) is 1. The van der Waals surface area contributed by atoms with Crippen LogP contribution in [0.25, 0.3) is 11.1 Å². The third-order valence-corrected chi connectivity index (χ3v) is 4.79. The average Bonchev–Trinajstić information content (AvgIpc) is 2.63. The Labute approximate surface area is 157 Å². The quantitative estimate of drug-likeness (QED) is 0.519. The van der Waals surface area contributed by atoms with E-state index in [9.17, 15) is 0 Å². The van der Waals surface area contributed by atoms with Crippen LogP contribution in [0.2, 0.25) is 0 Å². The van der Waals surface area contributed by atoms with Crippen molar-refractivity contribution in [3.8, 4) is 11.1 Å². The van der Waals surface area contributed by atoms with Crippen molar-refractivity contribution in [1.29, 1.82) is 0 Å². The molecule has 0 aliphatic rings. The van der Waals surface area contributed by atoms with E-state index in [1.807, 2.05) is 0 Å². The summed E-state index contributed by atoms with van der Waals surface area (Å²) in [5.41, 5.74) is 8.86. The molecule has 0 aliphatic carbocycles. The third-order valence-electron chi connectivity index (χ3n) is 4.79. The first-order valence-electron chi connectivity index (χ1n) is 9.12. The predicted octanol–water partition coefficient (Wildman–Crippen LogP) is 6.16. The van der Waals surface area contributed by atoms with Gasteiger partial charge in [0.1, 0.15) is 0 Å². The first kappa shape index (κ1) is 18.0. The van der Waals surface area contributed by atoms with Crippen LogP contribution in [0.5, 0.6) is 0 Å². The van der Waals surface area contributed by atoms with E-state index in [1.165, 1.54) is 33.4 Å². The molecule has 0 heterocycles. The molecule has 0 N–H and O–H groups in total. The molecule has 1 nitrogen and oxygen atoms in total. The highest BCUT2D eigenvalue weighted by atomic mass is 15.1. The molecule has 0 fully saturated rings. The molecular weight excluding hydrogens is 314 g/mol. The molecule has 0 saturated carbocycles. The van der Waals surface area contributed by atoms with Crippen LogP contribution in [0, 0.1) is 13.8 Å². The van der Waals surface area contributed by atoms with Crippen molar-refractivity contribution >= 4 is 0 Å². The molecule has 0 atom stereocenters. The summed E-state index contributed by atoms with van der Waals surface area (Å²) in [5.74, 6) is 0. The lowest BCUT2D eigenvalue weighted by Crippen LogP contribution is -2.18. The Kier molecular flexibility index (Phi) is 5.58. The van der Waals surface area contributed by atoms with E-state index >= 15 is 0 Å². The smallest absolute Gasteiger partial charge is 0.0423 e. The number of rotatable bonds is 6. The van der Waals surface area contributed by atoms with E-state index in [0.717, 1.165) is 18.7 Å². The van der Waals surface area contributed by atoms with Crippen LogP contribution in [0.1, 0.15) is 22.3 Å². The van der Waals surface area contributed by atoms with Crippen LogP contribution in [0.3, 0.4) is 0 Å². The summed E-state index contributed by atoms with van der Waals surface area (Å²) in [7, 11) is 2.12. The maximum Gasteiger partial charge on any atom is 0.0423 e. The fourth-order valence-electron chi connectivity index (χ4n) is 3.13. The predicted molar refractivity (Wildman–Crippen MR) is 112 cm³/mol. The third kappa shape index (κ3) is 4.64. The van der Waals surface area contributed by atoms with Gasteiger partial charge in [0.15, 0.2) is 0 Å². The lowest BCUT2D eigenvalue weighted by Gasteiger charge is -2.22. The zero-order valence-corrected chi connectivity index (χ0v) is 16.0. The Morgan fingerprint density at radius 3 is 2.00 bits per heavy atom. The van der Waals surface area contributed by atoms with Gasteiger partial charge in [0, 0.05) is 25.7 Å². The van der Waals surface area contributed by atoms with Gasteiger partial charge < -0.3 is 4.90 Å². The molecule has 26 heavy (non-hydrogen) atoms. The van der Waals surface area contributed by atoms with Crippen molar-refractivity contribution in [3.63, 3.8) is 0 Å². The average molecular weight is 341 g/mol. The highest BCUT2D eigenvalue weighted by Gasteiger charge is 2.06. The van der Waals surface area contributed by atoms with Crippen molar-refractivity contribution in [3.05, 3.63) is 107 Å². The minimum absolute atomic E-state index is 0.872. The molecule has 3 aromatic rings. The summed E-state index contributed by atoms with van der Waals surface area (Å²) in [6.07, 6.45) is 0.872. The summed E-state index contributed by atoms with van der Waals surface area (Å²) < 4.78 is 0. The monoisotopic (exact) mass is 341 g/mol. The molecule has 0 aliphatic heterocycles. The topological polar surface area (TPSA) is 3.24 Å². The number of allylic oxidation sites excluding steroid dienone is 1. The van der Waals surface area contributed by atoms with Gasteiger partial charge in [0.05, 0.1) is 0 Å². The van der Waals surface area contributed by atoms with Gasteiger partial charge in [0.2, 0.25) is 0 Å². The van der Waals surface area contributed by atoms with E-state index in [2.05, 4.69) is 105 Å². The van der Waals surface area contributed by atoms with Gasteiger partial charge in [-0.15, -0.1) is 0 Å². The van der Waals surface area contributed by atoms with Gasteiger partial charge in [-0.1, -0.05) is 90.5 Å². The van der Waals surface area contributed by atoms with E-state index in [-0.39, 0.29) is 0 Å². The fraction of sp³-hybridized carbons (Fsp3) is 0.200. The highest BCUT2D eigenvalue weighted by molar-refractivity contribution is 5.64. The first-order chi connectivity index (χ1) is 12.5. The summed E-state index contributed by atoms with van der Waals surface area (Å²) in [6.45, 7) is 9.43. The van der Waals surface area contributed by atoms with E-state index in [4.69, 9.17) is 0 Å². The summed E-state index contributed by atoms with van der Waals surface area (Å²) in [4.78, 5) is 2.24. The highest BCUT2D eigenvalue weighted by Crippen LogP contribution is 2.21. The molecule has 132 valence electrons. The van der Waals surface area contributed by atoms with Gasteiger partial charge in [0.25, 0.3) is 0 Å². The zero-order chi connectivity index (χ0) is 18.5. The van der Waals surface area contributed by atoms with Crippen LogP contribution in [0.4, 0.5) is 0 Å². The van der Waals surface area contributed by atoms with Gasteiger partial charge in [-0.05, 0) is 36.1 Å². The second kappa shape index (κ2) is 8.05. The van der Waals surface area contributed by atoms with Crippen molar-refractivity contribution < 1.29 is 0 Å². The molecule has 0 radical (unpaired) electrons. The summed E-state index contributed by atoms with van der Waals surface area (Å²) in [6, 6.07) is 26.2. The Morgan fingerprint density at radius 2 is 1.38 bits per heavy atom. The van der Waals surface area contributed by atoms with Crippen LogP contribution in [-0.4, -0.2) is 11.9 Å². The van der Waals surface area contributed by atoms with Crippen LogP contribution in [0.15, 0.2) is 85.1 Å². The molecule has 3 rings (SSSR count). The molecule has 0 bridgehead atoms. The Morgan fingerprint density at radius 1 is 0.769 bits per heavy atom. The number of hydrogen-bond donors (Lipinski definition) is 0. The van der Waals surface area contributed by atoms with Gasteiger partial charge in [-0.3, -0.25) is 0 Å². The van der Waals surface area contributed by atoms with Crippen molar-refractivity contribution in [1.82, 2.24) is 4.90 Å². The normalized spacial score (nSPS) is 10.6. The minimum Gasteiger partial charge on any atom is -0.374 e. The largest absolute Gasteiger partial charge is 0.374 e. The molecule has 0 spiro atoms. The Hall–Kier alpha value is -2.80.